The third-order valence-electron chi connectivity index (χ3n) is 4.31. The fourth-order valence-corrected chi connectivity index (χ4v) is 3.10. The summed E-state index contributed by atoms with van der Waals surface area (Å²) in [5, 5.41) is 3.25. The van der Waals surface area contributed by atoms with Crippen LogP contribution < -0.4 is 19.7 Å². The van der Waals surface area contributed by atoms with E-state index in [1.54, 1.807) is 54.5 Å². The van der Waals surface area contributed by atoms with Crippen LogP contribution in [0.3, 0.4) is 0 Å². The number of amides is 2. The number of rotatable bonds is 5. The van der Waals surface area contributed by atoms with Crippen LogP contribution in [0.25, 0.3) is 0 Å². The number of ether oxygens (including phenoxy) is 2. The zero-order valence-corrected chi connectivity index (χ0v) is 15.2. The van der Waals surface area contributed by atoms with Gasteiger partial charge in [-0.05, 0) is 24.3 Å². The summed E-state index contributed by atoms with van der Waals surface area (Å²) in [6.07, 6.45) is 0.130. The largest absolute Gasteiger partial charge is 0.497 e. The highest BCUT2D eigenvalue weighted by molar-refractivity contribution is 6.33. The maximum absolute atomic E-state index is 12.5. The Bertz CT molecular complexity index is 840. The van der Waals surface area contributed by atoms with Gasteiger partial charge >= 0.3 is 0 Å². The minimum absolute atomic E-state index is 0.130. The molecule has 0 bridgehead atoms. The van der Waals surface area contributed by atoms with Gasteiger partial charge in [0, 0.05) is 19.0 Å². The van der Waals surface area contributed by atoms with E-state index < -0.39 is 5.92 Å². The van der Waals surface area contributed by atoms with Gasteiger partial charge in [-0.25, -0.2) is 0 Å². The third-order valence-corrected chi connectivity index (χ3v) is 4.63. The summed E-state index contributed by atoms with van der Waals surface area (Å²) >= 11 is 6.08. The van der Waals surface area contributed by atoms with Gasteiger partial charge in [0.05, 0.1) is 36.5 Å². The number of para-hydroxylation sites is 1. The standard InChI is InChI=1S/C19H19ClN2O4/c1-25-13-7-8-16(17(10-13)26-2)22-11-12(9-18(22)23)19(24)21-15-6-4-3-5-14(15)20/h3-8,10,12H,9,11H2,1-2H3,(H,21,24)/t12-/m1/s1. The first-order valence-corrected chi connectivity index (χ1v) is 8.49. The molecule has 1 atom stereocenters. The van der Waals surface area contributed by atoms with E-state index in [-0.39, 0.29) is 24.8 Å². The lowest BCUT2D eigenvalue weighted by molar-refractivity contribution is -0.122. The smallest absolute Gasteiger partial charge is 0.229 e. The van der Waals surface area contributed by atoms with Crippen molar-refractivity contribution in [2.24, 2.45) is 5.92 Å². The maximum atomic E-state index is 12.5. The molecule has 2 amide bonds. The average molecular weight is 375 g/mol. The molecule has 1 saturated heterocycles. The van der Waals surface area contributed by atoms with Gasteiger partial charge < -0.3 is 19.7 Å². The van der Waals surface area contributed by atoms with Gasteiger partial charge in [-0.3, -0.25) is 9.59 Å². The second kappa shape index (κ2) is 7.66. The maximum Gasteiger partial charge on any atom is 0.229 e. The fourth-order valence-electron chi connectivity index (χ4n) is 2.92. The monoisotopic (exact) mass is 374 g/mol. The Kier molecular flexibility index (Phi) is 5.32. The Morgan fingerprint density at radius 2 is 1.96 bits per heavy atom. The number of carbonyl (C=O) groups is 2. The molecule has 0 aromatic heterocycles. The molecule has 0 unspecified atom stereocenters. The van der Waals surface area contributed by atoms with Crippen molar-refractivity contribution in [3.05, 3.63) is 47.5 Å². The highest BCUT2D eigenvalue weighted by atomic mass is 35.5. The van der Waals surface area contributed by atoms with E-state index >= 15 is 0 Å². The van der Waals surface area contributed by atoms with Crippen molar-refractivity contribution in [3.8, 4) is 11.5 Å². The third kappa shape index (κ3) is 3.60. The zero-order valence-electron chi connectivity index (χ0n) is 14.5. The molecule has 0 saturated carbocycles. The van der Waals surface area contributed by atoms with E-state index in [0.717, 1.165) is 0 Å². The van der Waals surface area contributed by atoms with Crippen molar-refractivity contribution in [3.63, 3.8) is 0 Å². The van der Waals surface area contributed by atoms with Crippen molar-refractivity contribution < 1.29 is 19.1 Å². The Morgan fingerprint density at radius 3 is 2.65 bits per heavy atom. The van der Waals surface area contributed by atoms with Crippen molar-refractivity contribution in [2.45, 2.75) is 6.42 Å². The Morgan fingerprint density at radius 1 is 1.19 bits per heavy atom. The van der Waals surface area contributed by atoms with Crippen LogP contribution in [0.1, 0.15) is 6.42 Å². The van der Waals surface area contributed by atoms with Crippen LogP contribution in [0.4, 0.5) is 11.4 Å². The SMILES string of the molecule is COc1ccc(N2C[C@H](C(=O)Nc3ccccc3Cl)CC2=O)c(OC)c1. The van der Waals surface area contributed by atoms with Gasteiger partial charge in [0.1, 0.15) is 11.5 Å². The molecule has 3 rings (SSSR count). The van der Waals surface area contributed by atoms with Gasteiger partial charge in [-0.15, -0.1) is 0 Å². The molecule has 6 nitrogen and oxygen atoms in total. The van der Waals surface area contributed by atoms with Gasteiger partial charge in [-0.1, -0.05) is 23.7 Å². The first-order valence-electron chi connectivity index (χ1n) is 8.11. The van der Waals surface area contributed by atoms with Crippen LogP contribution in [0.15, 0.2) is 42.5 Å². The molecule has 0 radical (unpaired) electrons. The Balaban J connectivity index is 1.76. The van der Waals surface area contributed by atoms with Crippen LogP contribution >= 0.6 is 11.6 Å². The van der Waals surface area contributed by atoms with Crippen molar-refractivity contribution in [1.82, 2.24) is 0 Å². The number of anilines is 2. The molecule has 26 heavy (non-hydrogen) atoms. The zero-order chi connectivity index (χ0) is 18.7. The predicted molar refractivity (Wildman–Crippen MR) is 100 cm³/mol. The molecule has 2 aromatic carbocycles. The molecule has 2 aromatic rings. The normalized spacial score (nSPS) is 16.5. The van der Waals surface area contributed by atoms with E-state index in [0.29, 0.717) is 27.9 Å². The number of carbonyl (C=O) groups excluding carboxylic acids is 2. The van der Waals surface area contributed by atoms with Gasteiger partial charge in [0.15, 0.2) is 0 Å². The molecule has 1 N–H and O–H groups in total. The molecule has 0 aliphatic carbocycles. The van der Waals surface area contributed by atoms with Gasteiger partial charge in [0.2, 0.25) is 11.8 Å². The second-order valence-corrected chi connectivity index (χ2v) is 6.32. The minimum atomic E-state index is -0.467. The van der Waals surface area contributed by atoms with E-state index in [4.69, 9.17) is 21.1 Å². The fraction of sp³-hybridized carbons (Fsp3) is 0.263. The average Bonchev–Trinajstić information content (AvgIpc) is 3.04. The second-order valence-electron chi connectivity index (χ2n) is 5.91. The highest BCUT2D eigenvalue weighted by Crippen LogP contribution is 2.36. The molecule has 1 fully saturated rings. The Hall–Kier alpha value is -2.73. The minimum Gasteiger partial charge on any atom is -0.497 e. The molecule has 136 valence electrons. The van der Waals surface area contributed by atoms with E-state index in [1.807, 2.05) is 0 Å². The molecule has 0 spiro atoms. The first kappa shape index (κ1) is 18.1. The lowest BCUT2D eigenvalue weighted by Gasteiger charge is -2.20. The number of hydrogen-bond donors (Lipinski definition) is 1. The number of nitrogens with one attached hydrogen (secondary N) is 1. The molecule has 7 heteroatoms. The summed E-state index contributed by atoms with van der Waals surface area (Å²) < 4.78 is 10.5. The Labute approximate surface area is 156 Å². The molecule has 1 aliphatic rings. The van der Waals surface area contributed by atoms with E-state index in [9.17, 15) is 9.59 Å². The van der Waals surface area contributed by atoms with E-state index in [1.165, 1.54) is 7.11 Å². The number of halogens is 1. The summed E-state index contributed by atoms with van der Waals surface area (Å²) in [7, 11) is 3.09. The van der Waals surface area contributed by atoms with Crippen molar-refractivity contribution in [2.75, 3.05) is 31.0 Å². The summed E-state index contributed by atoms with van der Waals surface area (Å²) in [5.74, 6) is 0.315. The summed E-state index contributed by atoms with van der Waals surface area (Å²) in [5.41, 5.74) is 1.15. The van der Waals surface area contributed by atoms with Crippen molar-refractivity contribution >= 4 is 34.8 Å². The number of benzene rings is 2. The quantitative estimate of drug-likeness (QED) is 0.871. The first-order chi connectivity index (χ1) is 12.5. The van der Waals surface area contributed by atoms with Crippen molar-refractivity contribution in [1.29, 1.82) is 0 Å². The van der Waals surface area contributed by atoms with E-state index in [2.05, 4.69) is 5.32 Å². The molecular weight excluding hydrogens is 356 g/mol. The summed E-state index contributed by atoms with van der Waals surface area (Å²) in [6, 6.07) is 12.2. The molecular formula is C19H19ClN2O4. The topological polar surface area (TPSA) is 67.9 Å². The predicted octanol–water partition coefficient (Wildman–Crippen LogP) is 3.35. The van der Waals surface area contributed by atoms with Crippen LogP contribution in [0.5, 0.6) is 11.5 Å². The van der Waals surface area contributed by atoms with Crippen LogP contribution in [-0.4, -0.2) is 32.6 Å². The van der Waals surface area contributed by atoms with Crippen LogP contribution in [-0.2, 0) is 9.59 Å². The summed E-state index contributed by atoms with van der Waals surface area (Å²) in [6.45, 7) is 0.276. The lowest BCUT2D eigenvalue weighted by atomic mass is 10.1. The van der Waals surface area contributed by atoms with Crippen LogP contribution in [0, 0.1) is 5.92 Å². The number of methoxy groups -OCH3 is 2. The van der Waals surface area contributed by atoms with Gasteiger partial charge in [-0.2, -0.15) is 0 Å². The number of hydrogen-bond acceptors (Lipinski definition) is 4. The molecule has 1 heterocycles. The highest BCUT2D eigenvalue weighted by Gasteiger charge is 2.36. The summed E-state index contributed by atoms with van der Waals surface area (Å²) in [4.78, 5) is 26.6. The number of nitrogens with zero attached hydrogens (tertiary/aromatic N) is 1. The van der Waals surface area contributed by atoms with Crippen LogP contribution in [0.2, 0.25) is 5.02 Å². The molecule has 1 aliphatic heterocycles. The lowest BCUT2D eigenvalue weighted by Crippen LogP contribution is -2.28. The van der Waals surface area contributed by atoms with Gasteiger partial charge in [0.25, 0.3) is 0 Å².